The van der Waals surface area contributed by atoms with Gasteiger partial charge in [0.25, 0.3) is 0 Å². The monoisotopic (exact) mass is 327 g/mol. The fourth-order valence-electron chi connectivity index (χ4n) is 2.85. The van der Waals surface area contributed by atoms with E-state index in [4.69, 9.17) is 4.99 Å². The van der Waals surface area contributed by atoms with E-state index in [2.05, 4.69) is 78.9 Å². The summed E-state index contributed by atoms with van der Waals surface area (Å²) in [6, 6.07) is 31.6. The molecule has 0 aliphatic rings. The van der Waals surface area contributed by atoms with E-state index in [9.17, 15) is 0 Å². The minimum absolute atomic E-state index is 0.0256. The molecule has 1 heterocycles. The molecule has 2 heteroatoms. The van der Waals surface area contributed by atoms with Crippen LogP contribution in [0, 0.1) is 0 Å². The summed E-state index contributed by atoms with van der Waals surface area (Å²) < 4.78 is 1.30. The SMILES string of the molecule is C(=N\C(c1ccccc1)c1ccccc1)/c1cc2ccccc2s1. The van der Waals surface area contributed by atoms with E-state index in [0.29, 0.717) is 0 Å². The minimum atomic E-state index is 0.0256. The van der Waals surface area contributed by atoms with Gasteiger partial charge in [-0.05, 0) is 28.6 Å². The highest BCUT2D eigenvalue weighted by atomic mass is 32.1. The summed E-state index contributed by atoms with van der Waals surface area (Å²) in [5.74, 6) is 0. The van der Waals surface area contributed by atoms with Gasteiger partial charge < -0.3 is 0 Å². The van der Waals surface area contributed by atoms with Crippen LogP contribution in [0.3, 0.4) is 0 Å². The molecular weight excluding hydrogens is 310 g/mol. The highest BCUT2D eigenvalue weighted by molar-refractivity contribution is 7.20. The molecule has 4 rings (SSSR count). The molecule has 0 radical (unpaired) electrons. The summed E-state index contributed by atoms with van der Waals surface area (Å²) in [7, 11) is 0. The van der Waals surface area contributed by atoms with Crippen molar-refractivity contribution in [1.82, 2.24) is 0 Å². The van der Waals surface area contributed by atoms with Crippen LogP contribution >= 0.6 is 11.3 Å². The number of thiophene rings is 1. The number of hydrogen-bond acceptors (Lipinski definition) is 2. The zero-order valence-corrected chi connectivity index (χ0v) is 14.0. The molecule has 1 nitrogen and oxygen atoms in total. The molecule has 0 fully saturated rings. The first-order valence-corrected chi connectivity index (χ1v) is 8.83. The van der Waals surface area contributed by atoms with Crippen LogP contribution in [0.5, 0.6) is 0 Å². The van der Waals surface area contributed by atoms with Gasteiger partial charge in [-0.3, -0.25) is 4.99 Å². The van der Waals surface area contributed by atoms with Crippen molar-refractivity contribution in [3.8, 4) is 0 Å². The van der Waals surface area contributed by atoms with Crippen LogP contribution in [0.1, 0.15) is 22.0 Å². The van der Waals surface area contributed by atoms with Crippen LogP contribution in [0.25, 0.3) is 10.1 Å². The lowest BCUT2D eigenvalue weighted by Gasteiger charge is -2.13. The van der Waals surface area contributed by atoms with Crippen molar-refractivity contribution in [1.29, 1.82) is 0 Å². The lowest BCUT2D eigenvalue weighted by molar-refractivity contribution is 0.879. The molecule has 1 aromatic heterocycles. The molecule has 0 saturated heterocycles. The van der Waals surface area contributed by atoms with Gasteiger partial charge in [0.2, 0.25) is 0 Å². The molecule has 0 saturated carbocycles. The topological polar surface area (TPSA) is 12.4 Å². The number of aliphatic imine (C=N–C) groups is 1. The van der Waals surface area contributed by atoms with Gasteiger partial charge in [-0.2, -0.15) is 0 Å². The van der Waals surface area contributed by atoms with E-state index < -0.39 is 0 Å². The van der Waals surface area contributed by atoms with Crippen LogP contribution in [0.4, 0.5) is 0 Å². The Labute approximate surface area is 145 Å². The Morgan fingerprint density at radius 1 is 0.708 bits per heavy atom. The van der Waals surface area contributed by atoms with E-state index in [-0.39, 0.29) is 6.04 Å². The first-order valence-electron chi connectivity index (χ1n) is 8.02. The second kappa shape index (κ2) is 6.81. The summed E-state index contributed by atoms with van der Waals surface area (Å²) >= 11 is 1.78. The van der Waals surface area contributed by atoms with E-state index in [1.165, 1.54) is 26.1 Å². The van der Waals surface area contributed by atoms with Crippen molar-refractivity contribution >= 4 is 27.6 Å². The molecule has 0 unspecified atom stereocenters. The van der Waals surface area contributed by atoms with Gasteiger partial charge in [-0.15, -0.1) is 11.3 Å². The van der Waals surface area contributed by atoms with E-state index in [1.54, 1.807) is 11.3 Å². The third kappa shape index (κ3) is 3.15. The molecule has 0 aliphatic heterocycles. The number of benzene rings is 3. The summed E-state index contributed by atoms with van der Waals surface area (Å²) in [6.07, 6.45) is 2.01. The highest BCUT2D eigenvalue weighted by Crippen LogP contribution is 2.28. The van der Waals surface area contributed by atoms with Crippen molar-refractivity contribution in [2.45, 2.75) is 6.04 Å². The third-order valence-corrected chi connectivity index (χ3v) is 5.08. The second-order valence-corrected chi connectivity index (χ2v) is 6.80. The van der Waals surface area contributed by atoms with Crippen molar-refractivity contribution in [2.75, 3.05) is 0 Å². The van der Waals surface area contributed by atoms with Gasteiger partial charge in [-0.1, -0.05) is 78.9 Å². The predicted molar refractivity (Wildman–Crippen MR) is 104 cm³/mol. The van der Waals surface area contributed by atoms with Gasteiger partial charge in [-0.25, -0.2) is 0 Å². The van der Waals surface area contributed by atoms with Crippen molar-refractivity contribution < 1.29 is 0 Å². The number of hydrogen-bond donors (Lipinski definition) is 0. The van der Waals surface area contributed by atoms with Crippen LogP contribution in [0.2, 0.25) is 0 Å². The van der Waals surface area contributed by atoms with E-state index in [1.807, 2.05) is 18.3 Å². The predicted octanol–water partition coefficient (Wildman–Crippen LogP) is 6.11. The van der Waals surface area contributed by atoms with Gasteiger partial charge in [0.05, 0.1) is 6.04 Å². The standard InChI is InChI=1S/C22H17NS/c1-3-9-17(10-4-1)22(18-11-5-2-6-12-18)23-16-20-15-19-13-7-8-14-21(19)24-20/h1-16,22H/b23-16+. The molecule has 116 valence electrons. The highest BCUT2D eigenvalue weighted by Gasteiger charge is 2.11. The summed E-state index contributed by atoms with van der Waals surface area (Å²) in [4.78, 5) is 6.10. The Bertz CT molecular complexity index is 882. The normalized spacial score (nSPS) is 11.5. The molecule has 4 aromatic rings. The fraction of sp³-hybridized carbons (Fsp3) is 0.0455. The summed E-state index contributed by atoms with van der Waals surface area (Å²) in [5, 5.41) is 1.28. The Morgan fingerprint density at radius 3 is 1.92 bits per heavy atom. The molecule has 0 bridgehead atoms. The Kier molecular flexibility index (Phi) is 4.22. The van der Waals surface area contributed by atoms with Crippen molar-refractivity contribution in [3.05, 3.63) is 107 Å². The molecule has 0 amide bonds. The first kappa shape index (κ1) is 14.9. The maximum absolute atomic E-state index is 4.92. The van der Waals surface area contributed by atoms with E-state index in [0.717, 1.165) is 0 Å². The van der Waals surface area contributed by atoms with Crippen LogP contribution in [-0.4, -0.2) is 6.21 Å². The second-order valence-electron chi connectivity index (χ2n) is 5.69. The lowest BCUT2D eigenvalue weighted by Crippen LogP contribution is -1.98. The molecule has 0 N–H and O–H groups in total. The van der Waals surface area contributed by atoms with Gasteiger partial charge >= 0.3 is 0 Å². The average Bonchev–Trinajstić information content (AvgIpc) is 3.07. The summed E-state index contributed by atoms with van der Waals surface area (Å²) in [5.41, 5.74) is 2.42. The minimum Gasteiger partial charge on any atom is -0.279 e. The molecule has 24 heavy (non-hydrogen) atoms. The number of nitrogens with zero attached hydrogens (tertiary/aromatic N) is 1. The van der Waals surface area contributed by atoms with Crippen LogP contribution < -0.4 is 0 Å². The molecule has 0 spiro atoms. The van der Waals surface area contributed by atoms with Crippen molar-refractivity contribution in [3.63, 3.8) is 0 Å². The zero-order chi connectivity index (χ0) is 16.2. The first-order chi connectivity index (χ1) is 11.9. The maximum Gasteiger partial charge on any atom is 0.1000 e. The van der Waals surface area contributed by atoms with Gasteiger partial charge in [0, 0.05) is 15.8 Å². The average molecular weight is 327 g/mol. The molecule has 0 atom stereocenters. The summed E-state index contributed by atoms with van der Waals surface area (Å²) in [6.45, 7) is 0. The van der Waals surface area contributed by atoms with Gasteiger partial charge in [0.1, 0.15) is 0 Å². The largest absolute Gasteiger partial charge is 0.279 e. The lowest BCUT2D eigenvalue weighted by atomic mass is 9.99. The third-order valence-electron chi connectivity index (χ3n) is 4.03. The van der Waals surface area contributed by atoms with Crippen LogP contribution in [-0.2, 0) is 0 Å². The Morgan fingerprint density at radius 2 is 1.29 bits per heavy atom. The van der Waals surface area contributed by atoms with E-state index >= 15 is 0 Å². The Hall–Kier alpha value is -2.71. The number of fused-ring (bicyclic) bond motifs is 1. The van der Waals surface area contributed by atoms with Crippen LogP contribution in [0.15, 0.2) is 96.0 Å². The molecular formula is C22H17NS. The number of rotatable bonds is 4. The molecule has 0 aliphatic carbocycles. The quantitative estimate of drug-likeness (QED) is 0.401. The fourth-order valence-corrected chi connectivity index (χ4v) is 3.79. The smallest absolute Gasteiger partial charge is 0.1000 e. The van der Waals surface area contributed by atoms with Crippen molar-refractivity contribution in [2.24, 2.45) is 4.99 Å². The molecule has 3 aromatic carbocycles. The zero-order valence-electron chi connectivity index (χ0n) is 13.2. The maximum atomic E-state index is 4.92. The van der Waals surface area contributed by atoms with Gasteiger partial charge in [0.15, 0.2) is 0 Å². The Balaban J connectivity index is 1.71.